The molecule has 0 aromatic heterocycles. The van der Waals surface area contributed by atoms with Gasteiger partial charge in [0.15, 0.2) is 6.04 Å². The van der Waals surface area contributed by atoms with E-state index in [1.165, 1.54) is 31.4 Å². The van der Waals surface area contributed by atoms with Crippen molar-refractivity contribution in [3.05, 3.63) is 69.3 Å². The summed E-state index contributed by atoms with van der Waals surface area (Å²) in [6.07, 6.45) is 0. The standard InChI is InChI=1S/C19H20N2O6/c1-11(2)15-9-6-13(10-16(15)21(25)26)18(22)20-17(19(23)24)12-4-7-14(27-3)8-5-12/h4-11,17H,1-3H3,(H,20,22)(H,23,24). The Balaban J connectivity index is 2.31. The SMILES string of the molecule is COc1ccc(C(NC(=O)c2ccc(C(C)C)c([N+](=O)[O-])c2)C(=O)O)cc1. The predicted octanol–water partition coefficient (Wildman–Crippen LogP) is 3.28. The maximum absolute atomic E-state index is 12.5. The maximum Gasteiger partial charge on any atom is 0.330 e. The van der Waals surface area contributed by atoms with Crippen molar-refractivity contribution in [3.8, 4) is 5.75 Å². The van der Waals surface area contributed by atoms with Crippen LogP contribution in [0.1, 0.15) is 47.3 Å². The minimum absolute atomic E-state index is 0.0193. The Kier molecular flexibility index (Phi) is 6.12. The van der Waals surface area contributed by atoms with E-state index in [9.17, 15) is 24.8 Å². The second-order valence-electron chi connectivity index (χ2n) is 6.20. The number of carbonyl (C=O) groups excluding carboxylic acids is 1. The first-order valence-corrected chi connectivity index (χ1v) is 8.20. The number of nitro benzene ring substituents is 1. The van der Waals surface area contributed by atoms with Gasteiger partial charge in [0.2, 0.25) is 0 Å². The van der Waals surface area contributed by atoms with Crippen molar-refractivity contribution in [1.29, 1.82) is 0 Å². The van der Waals surface area contributed by atoms with Crippen molar-refractivity contribution < 1.29 is 24.4 Å². The fraction of sp³-hybridized carbons (Fsp3) is 0.263. The number of rotatable bonds is 7. The normalized spacial score (nSPS) is 11.7. The molecular formula is C19H20N2O6. The lowest BCUT2D eigenvalue weighted by atomic mass is 9.99. The van der Waals surface area contributed by atoms with E-state index >= 15 is 0 Å². The van der Waals surface area contributed by atoms with Gasteiger partial charge < -0.3 is 15.2 Å². The van der Waals surface area contributed by atoms with E-state index in [-0.39, 0.29) is 17.2 Å². The highest BCUT2D eigenvalue weighted by atomic mass is 16.6. The molecule has 1 amide bonds. The van der Waals surface area contributed by atoms with Crippen LogP contribution in [0.25, 0.3) is 0 Å². The molecule has 2 aromatic carbocycles. The van der Waals surface area contributed by atoms with E-state index in [2.05, 4.69) is 5.32 Å². The third kappa shape index (κ3) is 4.60. The van der Waals surface area contributed by atoms with E-state index in [1.807, 2.05) is 13.8 Å². The monoisotopic (exact) mass is 372 g/mol. The Bertz CT molecular complexity index is 861. The number of carbonyl (C=O) groups is 2. The van der Waals surface area contributed by atoms with Gasteiger partial charge >= 0.3 is 5.97 Å². The summed E-state index contributed by atoms with van der Waals surface area (Å²) in [6, 6.07) is 9.06. The number of hydrogen-bond donors (Lipinski definition) is 2. The highest BCUT2D eigenvalue weighted by Gasteiger charge is 2.25. The number of amides is 1. The van der Waals surface area contributed by atoms with Crippen LogP contribution in [0.15, 0.2) is 42.5 Å². The summed E-state index contributed by atoms with van der Waals surface area (Å²) >= 11 is 0. The minimum atomic E-state index is -1.30. The Labute approximate surface area is 155 Å². The molecule has 0 aliphatic heterocycles. The number of aliphatic carboxylic acids is 1. The number of carboxylic acid groups (broad SMARTS) is 1. The first-order valence-electron chi connectivity index (χ1n) is 8.20. The third-order valence-electron chi connectivity index (χ3n) is 4.08. The summed E-state index contributed by atoms with van der Waals surface area (Å²) in [5.74, 6) is -1.50. The smallest absolute Gasteiger partial charge is 0.330 e. The fourth-order valence-electron chi connectivity index (χ4n) is 2.63. The average Bonchev–Trinajstić information content (AvgIpc) is 2.65. The zero-order chi connectivity index (χ0) is 20.1. The molecule has 0 aliphatic carbocycles. The number of benzene rings is 2. The molecule has 0 spiro atoms. The summed E-state index contributed by atoms with van der Waals surface area (Å²) < 4.78 is 5.03. The van der Waals surface area contributed by atoms with Crippen LogP contribution in [0, 0.1) is 10.1 Å². The molecule has 0 heterocycles. The van der Waals surface area contributed by atoms with Crippen LogP contribution in [0.4, 0.5) is 5.69 Å². The number of hydrogen-bond acceptors (Lipinski definition) is 5. The molecule has 2 rings (SSSR count). The first-order chi connectivity index (χ1) is 12.7. The van der Waals surface area contributed by atoms with Crippen molar-refractivity contribution in [2.75, 3.05) is 7.11 Å². The first kappa shape index (κ1) is 19.9. The van der Waals surface area contributed by atoms with E-state index in [4.69, 9.17) is 4.74 Å². The number of nitrogens with zero attached hydrogens (tertiary/aromatic N) is 1. The lowest BCUT2D eigenvalue weighted by molar-refractivity contribution is -0.385. The van der Waals surface area contributed by atoms with Gasteiger partial charge in [-0.15, -0.1) is 0 Å². The molecule has 142 valence electrons. The topological polar surface area (TPSA) is 119 Å². The summed E-state index contributed by atoms with van der Waals surface area (Å²) in [6.45, 7) is 3.62. The molecule has 0 saturated heterocycles. The molecule has 0 radical (unpaired) electrons. The molecule has 1 unspecified atom stereocenters. The van der Waals surface area contributed by atoms with Crippen molar-refractivity contribution in [2.24, 2.45) is 0 Å². The van der Waals surface area contributed by atoms with Gasteiger partial charge in [-0.05, 0) is 29.7 Å². The van der Waals surface area contributed by atoms with Crippen LogP contribution < -0.4 is 10.1 Å². The molecule has 2 N–H and O–H groups in total. The van der Waals surface area contributed by atoms with E-state index < -0.39 is 22.8 Å². The largest absolute Gasteiger partial charge is 0.497 e. The van der Waals surface area contributed by atoms with Crippen LogP contribution in [0.5, 0.6) is 5.75 Å². The Morgan fingerprint density at radius 3 is 2.26 bits per heavy atom. The van der Waals surface area contributed by atoms with E-state index in [0.717, 1.165) is 6.07 Å². The van der Waals surface area contributed by atoms with Crippen LogP contribution in [-0.2, 0) is 4.79 Å². The van der Waals surface area contributed by atoms with Gasteiger partial charge in [0, 0.05) is 17.2 Å². The quantitative estimate of drug-likeness (QED) is 0.569. The summed E-state index contributed by atoms with van der Waals surface area (Å²) in [4.78, 5) is 34.8. The number of carboxylic acids is 1. The molecule has 0 aliphatic rings. The number of nitrogens with one attached hydrogen (secondary N) is 1. The fourth-order valence-corrected chi connectivity index (χ4v) is 2.63. The molecule has 2 aromatic rings. The number of ether oxygens (including phenoxy) is 1. The van der Waals surface area contributed by atoms with Crippen LogP contribution in [0.2, 0.25) is 0 Å². The maximum atomic E-state index is 12.5. The summed E-state index contributed by atoms with van der Waals surface area (Å²) in [5, 5.41) is 23.1. The summed E-state index contributed by atoms with van der Waals surface area (Å²) in [5.41, 5.74) is 0.700. The Morgan fingerprint density at radius 2 is 1.78 bits per heavy atom. The second-order valence-corrected chi connectivity index (χ2v) is 6.20. The molecule has 8 heteroatoms. The number of methoxy groups -OCH3 is 1. The minimum Gasteiger partial charge on any atom is -0.497 e. The van der Waals surface area contributed by atoms with Gasteiger partial charge in [0.25, 0.3) is 11.6 Å². The van der Waals surface area contributed by atoms with Crippen LogP contribution in [0.3, 0.4) is 0 Å². The molecule has 27 heavy (non-hydrogen) atoms. The molecule has 0 fully saturated rings. The zero-order valence-corrected chi connectivity index (χ0v) is 15.1. The molecule has 0 bridgehead atoms. The lowest BCUT2D eigenvalue weighted by Gasteiger charge is -2.16. The highest BCUT2D eigenvalue weighted by Crippen LogP contribution is 2.27. The molecule has 1 atom stereocenters. The number of nitro groups is 1. The second kappa shape index (κ2) is 8.31. The Morgan fingerprint density at radius 1 is 1.15 bits per heavy atom. The highest BCUT2D eigenvalue weighted by molar-refractivity contribution is 5.97. The molecular weight excluding hydrogens is 352 g/mol. The van der Waals surface area contributed by atoms with Gasteiger partial charge in [0.1, 0.15) is 5.75 Å². The van der Waals surface area contributed by atoms with Gasteiger partial charge in [-0.2, -0.15) is 0 Å². The van der Waals surface area contributed by atoms with Crippen molar-refractivity contribution >= 4 is 17.6 Å². The van der Waals surface area contributed by atoms with Gasteiger partial charge in [-0.3, -0.25) is 14.9 Å². The third-order valence-corrected chi connectivity index (χ3v) is 4.08. The molecule has 8 nitrogen and oxygen atoms in total. The van der Waals surface area contributed by atoms with Crippen LogP contribution >= 0.6 is 0 Å². The molecule has 0 saturated carbocycles. The zero-order valence-electron chi connectivity index (χ0n) is 15.1. The predicted molar refractivity (Wildman–Crippen MR) is 98.0 cm³/mol. The summed E-state index contributed by atoms with van der Waals surface area (Å²) in [7, 11) is 1.49. The van der Waals surface area contributed by atoms with Gasteiger partial charge in [-0.25, -0.2) is 4.79 Å². The average molecular weight is 372 g/mol. The van der Waals surface area contributed by atoms with Crippen molar-refractivity contribution in [3.63, 3.8) is 0 Å². The Hall–Kier alpha value is -3.42. The van der Waals surface area contributed by atoms with Gasteiger partial charge in [-0.1, -0.05) is 32.0 Å². The lowest BCUT2D eigenvalue weighted by Crippen LogP contribution is -2.33. The van der Waals surface area contributed by atoms with E-state index in [1.54, 1.807) is 12.1 Å². The van der Waals surface area contributed by atoms with Crippen LogP contribution in [-0.4, -0.2) is 29.0 Å². The van der Waals surface area contributed by atoms with Gasteiger partial charge in [0.05, 0.1) is 12.0 Å². The van der Waals surface area contributed by atoms with Crippen molar-refractivity contribution in [2.45, 2.75) is 25.8 Å². The van der Waals surface area contributed by atoms with Crippen molar-refractivity contribution in [1.82, 2.24) is 5.32 Å². The van der Waals surface area contributed by atoms with E-state index in [0.29, 0.717) is 16.9 Å².